The molecule has 0 radical (unpaired) electrons. The summed E-state index contributed by atoms with van der Waals surface area (Å²) in [6, 6.07) is 0.217. The van der Waals surface area contributed by atoms with Crippen molar-refractivity contribution in [2.75, 3.05) is 19.6 Å². The van der Waals surface area contributed by atoms with Crippen LogP contribution in [0.15, 0.2) is 12.4 Å². The number of aromatic nitrogens is 3. The number of carbonyl (C=O) groups is 1. The van der Waals surface area contributed by atoms with Crippen molar-refractivity contribution in [1.82, 2.24) is 25.0 Å². The lowest BCUT2D eigenvalue weighted by Gasteiger charge is -2.33. The highest BCUT2D eigenvalue weighted by Gasteiger charge is 2.27. The number of nitrogens with one attached hydrogen (secondary N) is 1. The van der Waals surface area contributed by atoms with Crippen molar-refractivity contribution < 1.29 is 4.79 Å². The number of amides is 1. The minimum atomic E-state index is 0. The van der Waals surface area contributed by atoms with Gasteiger partial charge in [-0.25, -0.2) is 4.98 Å². The number of hydrogen-bond donors (Lipinski definition) is 1. The normalized spacial score (nSPS) is 17.3. The second kappa shape index (κ2) is 8.10. The standard InChI is InChI=1S/C14H19N5OS.2ClH/c1-9-6-15-4-5-19(9)14(20)12-10(2)17-13(21-12)11-7-16-18(3)8-11;;/h7-9,15H,4-6H2,1-3H3;2*1H/t9-;;/m1../s1. The van der Waals surface area contributed by atoms with Crippen LogP contribution in [0.25, 0.3) is 10.6 Å². The number of hydrogen-bond acceptors (Lipinski definition) is 5. The van der Waals surface area contributed by atoms with Crippen molar-refractivity contribution in [1.29, 1.82) is 0 Å². The highest BCUT2D eigenvalue weighted by atomic mass is 35.5. The number of nitrogens with zero attached hydrogens (tertiary/aromatic N) is 4. The Morgan fingerprint density at radius 2 is 2.17 bits per heavy atom. The van der Waals surface area contributed by atoms with Crippen molar-refractivity contribution in [3.63, 3.8) is 0 Å². The second-order valence-electron chi connectivity index (χ2n) is 5.39. The Balaban J connectivity index is 0.00000132. The highest BCUT2D eigenvalue weighted by Crippen LogP contribution is 2.29. The number of rotatable bonds is 2. The van der Waals surface area contributed by atoms with Gasteiger partial charge in [0.05, 0.1) is 11.9 Å². The Bertz CT molecular complexity index is 672. The van der Waals surface area contributed by atoms with Crippen LogP contribution in [0.1, 0.15) is 22.3 Å². The quantitative estimate of drug-likeness (QED) is 0.870. The van der Waals surface area contributed by atoms with Gasteiger partial charge in [0.25, 0.3) is 5.91 Å². The molecule has 0 aliphatic carbocycles. The first-order chi connectivity index (χ1) is 10.1. The minimum Gasteiger partial charge on any atom is -0.333 e. The van der Waals surface area contributed by atoms with Gasteiger partial charge in [-0.15, -0.1) is 36.2 Å². The van der Waals surface area contributed by atoms with Crippen LogP contribution in [0, 0.1) is 6.92 Å². The minimum absolute atomic E-state index is 0. The van der Waals surface area contributed by atoms with E-state index < -0.39 is 0 Å². The molecule has 1 N–H and O–H groups in total. The van der Waals surface area contributed by atoms with E-state index in [9.17, 15) is 4.79 Å². The van der Waals surface area contributed by atoms with Gasteiger partial charge in [0.15, 0.2) is 0 Å². The van der Waals surface area contributed by atoms with E-state index >= 15 is 0 Å². The van der Waals surface area contributed by atoms with Gasteiger partial charge in [-0.3, -0.25) is 9.48 Å². The lowest BCUT2D eigenvalue weighted by molar-refractivity contribution is 0.0660. The SMILES string of the molecule is Cc1nc(-c2cnn(C)c2)sc1C(=O)N1CCNC[C@H]1C.Cl.Cl. The molecule has 1 aliphatic heterocycles. The summed E-state index contributed by atoms with van der Waals surface area (Å²) in [5, 5.41) is 8.31. The Morgan fingerprint density at radius 1 is 1.43 bits per heavy atom. The van der Waals surface area contributed by atoms with Gasteiger partial charge in [-0.2, -0.15) is 5.10 Å². The fraction of sp³-hybridized carbons (Fsp3) is 0.500. The van der Waals surface area contributed by atoms with E-state index in [1.165, 1.54) is 11.3 Å². The maximum Gasteiger partial charge on any atom is 0.266 e. The van der Waals surface area contributed by atoms with Crippen molar-refractivity contribution >= 4 is 42.1 Å². The molecule has 2 aromatic rings. The Hall–Kier alpha value is -1.15. The van der Waals surface area contributed by atoms with Crippen molar-refractivity contribution in [2.24, 2.45) is 7.05 Å². The van der Waals surface area contributed by atoms with Gasteiger partial charge in [-0.1, -0.05) is 0 Å². The first-order valence-electron chi connectivity index (χ1n) is 7.04. The summed E-state index contributed by atoms with van der Waals surface area (Å²) >= 11 is 1.45. The lowest BCUT2D eigenvalue weighted by atomic mass is 10.2. The van der Waals surface area contributed by atoms with E-state index in [1.807, 2.05) is 25.1 Å². The number of aryl methyl sites for hydroxylation is 2. The number of thiazole rings is 1. The molecule has 23 heavy (non-hydrogen) atoms. The second-order valence-corrected chi connectivity index (χ2v) is 6.39. The van der Waals surface area contributed by atoms with Crippen molar-refractivity contribution in [2.45, 2.75) is 19.9 Å². The van der Waals surface area contributed by atoms with Crippen LogP contribution in [0.2, 0.25) is 0 Å². The molecule has 0 unspecified atom stereocenters. The molecular weight excluding hydrogens is 357 g/mol. The molecule has 1 amide bonds. The monoisotopic (exact) mass is 377 g/mol. The van der Waals surface area contributed by atoms with Crippen LogP contribution < -0.4 is 5.32 Å². The molecule has 128 valence electrons. The number of carbonyl (C=O) groups excluding carboxylic acids is 1. The predicted octanol–water partition coefficient (Wildman–Crippen LogP) is 2.13. The van der Waals surface area contributed by atoms with E-state index in [0.717, 1.165) is 40.8 Å². The summed E-state index contributed by atoms with van der Waals surface area (Å²) < 4.78 is 1.74. The average Bonchev–Trinajstić information content (AvgIpc) is 3.05. The lowest BCUT2D eigenvalue weighted by Crippen LogP contribution is -2.52. The molecule has 1 atom stereocenters. The molecule has 2 aromatic heterocycles. The molecule has 3 rings (SSSR count). The van der Waals surface area contributed by atoms with Crippen LogP contribution in [0.5, 0.6) is 0 Å². The highest BCUT2D eigenvalue weighted by molar-refractivity contribution is 7.17. The van der Waals surface area contributed by atoms with Gasteiger partial charge < -0.3 is 10.2 Å². The molecule has 0 bridgehead atoms. The van der Waals surface area contributed by atoms with Crippen LogP contribution in [-0.4, -0.2) is 51.2 Å². The first kappa shape index (κ1) is 19.9. The summed E-state index contributed by atoms with van der Waals surface area (Å²) in [6.45, 7) is 6.42. The third-order valence-electron chi connectivity index (χ3n) is 3.70. The summed E-state index contributed by atoms with van der Waals surface area (Å²) in [5.74, 6) is 0.0918. The molecule has 3 heterocycles. The van der Waals surface area contributed by atoms with Gasteiger partial charge in [0.2, 0.25) is 0 Å². The number of piperazine rings is 1. The maximum atomic E-state index is 12.7. The van der Waals surface area contributed by atoms with Crippen LogP contribution in [0.4, 0.5) is 0 Å². The smallest absolute Gasteiger partial charge is 0.266 e. The summed E-state index contributed by atoms with van der Waals surface area (Å²) in [7, 11) is 1.87. The van der Waals surface area contributed by atoms with E-state index in [2.05, 4.69) is 22.3 Å². The predicted molar refractivity (Wildman–Crippen MR) is 96.9 cm³/mol. The first-order valence-corrected chi connectivity index (χ1v) is 7.86. The van der Waals surface area contributed by atoms with Gasteiger partial charge in [0.1, 0.15) is 9.88 Å². The summed E-state index contributed by atoms with van der Waals surface area (Å²) in [5.41, 5.74) is 1.76. The van der Waals surface area contributed by atoms with Crippen LogP contribution in [-0.2, 0) is 7.05 Å². The fourth-order valence-electron chi connectivity index (χ4n) is 2.52. The fourth-order valence-corrected chi connectivity index (χ4v) is 3.52. The zero-order valence-electron chi connectivity index (χ0n) is 13.3. The summed E-state index contributed by atoms with van der Waals surface area (Å²) in [6.07, 6.45) is 3.69. The topological polar surface area (TPSA) is 63.1 Å². The Morgan fingerprint density at radius 3 is 2.78 bits per heavy atom. The average molecular weight is 378 g/mol. The van der Waals surface area contributed by atoms with E-state index in [-0.39, 0.29) is 36.8 Å². The van der Waals surface area contributed by atoms with Gasteiger partial charge >= 0.3 is 0 Å². The van der Waals surface area contributed by atoms with E-state index in [4.69, 9.17) is 0 Å². The molecule has 1 fully saturated rings. The molecule has 1 saturated heterocycles. The van der Waals surface area contributed by atoms with E-state index in [1.54, 1.807) is 10.9 Å². The van der Waals surface area contributed by atoms with Crippen molar-refractivity contribution in [3.8, 4) is 10.6 Å². The zero-order chi connectivity index (χ0) is 15.0. The molecule has 0 aromatic carbocycles. The Kier molecular flexibility index (Phi) is 7.01. The third-order valence-corrected chi connectivity index (χ3v) is 4.90. The zero-order valence-corrected chi connectivity index (χ0v) is 15.7. The molecule has 0 saturated carbocycles. The molecule has 0 spiro atoms. The molecular formula is C14H21Cl2N5OS. The largest absolute Gasteiger partial charge is 0.333 e. The van der Waals surface area contributed by atoms with Crippen LogP contribution in [0.3, 0.4) is 0 Å². The van der Waals surface area contributed by atoms with Crippen molar-refractivity contribution in [3.05, 3.63) is 23.0 Å². The maximum absolute atomic E-state index is 12.7. The summed E-state index contributed by atoms with van der Waals surface area (Å²) in [4.78, 5) is 19.9. The molecule has 1 aliphatic rings. The van der Waals surface area contributed by atoms with Gasteiger partial charge in [0, 0.05) is 44.5 Å². The van der Waals surface area contributed by atoms with E-state index in [0.29, 0.717) is 0 Å². The molecule has 6 nitrogen and oxygen atoms in total. The number of halogens is 2. The van der Waals surface area contributed by atoms with Crippen LogP contribution >= 0.6 is 36.2 Å². The Labute approximate surface area is 152 Å². The van der Waals surface area contributed by atoms with Gasteiger partial charge in [-0.05, 0) is 13.8 Å². The molecule has 9 heteroatoms. The third kappa shape index (κ3) is 4.03.